The van der Waals surface area contributed by atoms with Crippen molar-refractivity contribution in [3.05, 3.63) is 53.6 Å². The molecule has 1 fully saturated rings. The predicted molar refractivity (Wildman–Crippen MR) is 107 cm³/mol. The minimum atomic E-state index is -0.322. The zero-order valence-electron chi connectivity index (χ0n) is 16.7. The first-order chi connectivity index (χ1) is 13.4. The quantitative estimate of drug-likeness (QED) is 0.811. The number of aryl methyl sites for hydroxylation is 1. The largest absolute Gasteiger partial charge is 0.457 e. The van der Waals surface area contributed by atoms with Crippen molar-refractivity contribution in [2.75, 3.05) is 19.6 Å². The number of benzene rings is 1. The average molecular weight is 385 g/mol. The first-order valence-corrected chi connectivity index (χ1v) is 9.85. The lowest BCUT2D eigenvalue weighted by molar-refractivity contribution is 0.0917. The van der Waals surface area contributed by atoms with E-state index < -0.39 is 0 Å². The van der Waals surface area contributed by atoms with Gasteiger partial charge < -0.3 is 15.0 Å². The standard InChI is InChI=1S/C22H28FN3O2/c1-15(2)26-10-4-5-17(14-26)13-24-22(27)21-12-20(11-16(3)25-21)28-19-8-6-18(23)7-9-19/h6-9,11-12,15,17H,4-5,10,13-14H2,1-3H3,(H,24,27)/t17-/m1/s1. The van der Waals surface area contributed by atoms with Gasteiger partial charge in [0, 0.05) is 37.0 Å². The highest BCUT2D eigenvalue weighted by Gasteiger charge is 2.22. The third-order valence-electron chi connectivity index (χ3n) is 5.04. The number of pyridine rings is 1. The van der Waals surface area contributed by atoms with Crippen molar-refractivity contribution in [3.63, 3.8) is 0 Å². The van der Waals surface area contributed by atoms with Gasteiger partial charge in [-0.15, -0.1) is 0 Å². The molecular weight excluding hydrogens is 357 g/mol. The Morgan fingerprint density at radius 2 is 2.04 bits per heavy atom. The number of nitrogens with zero attached hydrogens (tertiary/aromatic N) is 2. The fraction of sp³-hybridized carbons (Fsp3) is 0.455. The number of carbonyl (C=O) groups excluding carboxylic acids is 1. The normalized spacial score (nSPS) is 17.5. The summed E-state index contributed by atoms with van der Waals surface area (Å²) in [5.74, 6) is 0.952. The number of piperidine rings is 1. The lowest BCUT2D eigenvalue weighted by Crippen LogP contribution is -2.43. The topological polar surface area (TPSA) is 54.5 Å². The molecule has 2 heterocycles. The summed E-state index contributed by atoms with van der Waals surface area (Å²) >= 11 is 0. The maximum atomic E-state index is 13.0. The number of rotatable bonds is 6. The molecule has 0 bridgehead atoms. The maximum absolute atomic E-state index is 13.0. The summed E-state index contributed by atoms with van der Waals surface area (Å²) in [5, 5.41) is 3.02. The second-order valence-corrected chi connectivity index (χ2v) is 7.69. The van der Waals surface area contributed by atoms with Crippen LogP contribution >= 0.6 is 0 Å². The molecule has 1 atom stereocenters. The molecule has 1 saturated heterocycles. The summed E-state index contributed by atoms with van der Waals surface area (Å²) in [6, 6.07) is 9.67. The van der Waals surface area contributed by atoms with Gasteiger partial charge in [-0.1, -0.05) is 0 Å². The van der Waals surface area contributed by atoms with Crippen molar-refractivity contribution in [3.8, 4) is 11.5 Å². The van der Waals surface area contributed by atoms with E-state index in [4.69, 9.17) is 4.74 Å². The van der Waals surface area contributed by atoms with Gasteiger partial charge >= 0.3 is 0 Å². The van der Waals surface area contributed by atoms with Gasteiger partial charge in [-0.2, -0.15) is 0 Å². The van der Waals surface area contributed by atoms with Crippen LogP contribution in [0.5, 0.6) is 11.5 Å². The third kappa shape index (κ3) is 5.52. The molecule has 1 aromatic heterocycles. The van der Waals surface area contributed by atoms with Gasteiger partial charge in [0.15, 0.2) is 0 Å². The number of ether oxygens (including phenoxy) is 1. The van der Waals surface area contributed by atoms with Crippen molar-refractivity contribution < 1.29 is 13.9 Å². The van der Waals surface area contributed by atoms with Crippen molar-refractivity contribution >= 4 is 5.91 Å². The van der Waals surface area contributed by atoms with Crippen LogP contribution in [0.3, 0.4) is 0 Å². The Labute approximate surface area is 165 Å². The number of nitrogens with one attached hydrogen (secondary N) is 1. The van der Waals surface area contributed by atoms with Crippen LogP contribution in [0.4, 0.5) is 4.39 Å². The second kappa shape index (κ2) is 9.15. The van der Waals surface area contributed by atoms with Crippen molar-refractivity contribution in [2.45, 2.75) is 39.7 Å². The highest BCUT2D eigenvalue weighted by atomic mass is 19.1. The third-order valence-corrected chi connectivity index (χ3v) is 5.04. The summed E-state index contributed by atoms with van der Waals surface area (Å²) in [5.41, 5.74) is 1.02. The Kier molecular flexibility index (Phi) is 6.62. The summed E-state index contributed by atoms with van der Waals surface area (Å²) < 4.78 is 18.8. The Hall–Kier alpha value is -2.47. The van der Waals surface area contributed by atoms with Crippen molar-refractivity contribution in [2.24, 2.45) is 5.92 Å². The minimum Gasteiger partial charge on any atom is -0.457 e. The van der Waals surface area contributed by atoms with Gasteiger partial charge in [0.05, 0.1) is 0 Å². The molecule has 5 nitrogen and oxygen atoms in total. The smallest absolute Gasteiger partial charge is 0.270 e. The van der Waals surface area contributed by atoms with Crippen LogP contribution < -0.4 is 10.1 Å². The number of carbonyl (C=O) groups is 1. The van der Waals surface area contributed by atoms with Crippen LogP contribution in [0, 0.1) is 18.7 Å². The Bertz CT molecular complexity index is 808. The van der Waals surface area contributed by atoms with Gasteiger partial charge in [-0.05, 0) is 70.3 Å². The van der Waals surface area contributed by atoms with E-state index in [-0.39, 0.29) is 11.7 Å². The first kappa shape index (κ1) is 20.3. The van der Waals surface area contributed by atoms with Gasteiger partial charge in [0.25, 0.3) is 5.91 Å². The number of likely N-dealkylation sites (tertiary alicyclic amines) is 1. The number of aromatic nitrogens is 1. The summed E-state index contributed by atoms with van der Waals surface area (Å²) in [6.45, 7) is 9.02. The van der Waals surface area contributed by atoms with Gasteiger partial charge in [0.1, 0.15) is 23.0 Å². The molecule has 0 unspecified atom stereocenters. The lowest BCUT2D eigenvalue weighted by atomic mass is 9.97. The lowest BCUT2D eigenvalue weighted by Gasteiger charge is -2.35. The number of amides is 1. The molecule has 2 aromatic rings. The van der Waals surface area contributed by atoms with Crippen LogP contribution in [0.15, 0.2) is 36.4 Å². The predicted octanol–water partition coefficient (Wildman–Crippen LogP) is 4.17. The SMILES string of the molecule is Cc1cc(Oc2ccc(F)cc2)cc(C(=O)NC[C@H]2CCCN(C(C)C)C2)n1. The molecule has 0 spiro atoms. The molecule has 1 aromatic carbocycles. The number of hydrogen-bond acceptors (Lipinski definition) is 4. The molecule has 0 radical (unpaired) electrons. The highest BCUT2D eigenvalue weighted by molar-refractivity contribution is 5.92. The van der Waals surface area contributed by atoms with Crippen molar-refractivity contribution in [1.82, 2.24) is 15.2 Å². The van der Waals surface area contributed by atoms with E-state index in [0.717, 1.165) is 25.9 Å². The van der Waals surface area contributed by atoms with Crippen molar-refractivity contribution in [1.29, 1.82) is 0 Å². The minimum absolute atomic E-state index is 0.200. The van der Waals surface area contributed by atoms with Crippen LogP contribution in [0.25, 0.3) is 0 Å². The molecule has 1 aliphatic heterocycles. The zero-order chi connectivity index (χ0) is 20.1. The fourth-order valence-electron chi connectivity index (χ4n) is 3.51. The van der Waals surface area contributed by atoms with Gasteiger partial charge in [0.2, 0.25) is 0 Å². The first-order valence-electron chi connectivity index (χ1n) is 9.85. The van der Waals surface area contributed by atoms with E-state index in [0.29, 0.717) is 41.4 Å². The molecule has 1 aliphatic rings. The molecule has 150 valence electrons. The van der Waals surface area contributed by atoms with Gasteiger partial charge in [-0.3, -0.25) is 4.79 Å². The Balaban J connectivity index is 1.61. The zero-order valence-corrected chi connectivity index (χ0v) is 16.7. The maximum Gasteiger partial charge on any atom is 0.270 e. The highest BCUT2D eigenvalue weighted by Crippen LogP contribution is 2.23. The van der Waals surface area contributed by atoms with E-state index in [1.54, 1.807) is 24.3 Å². The van der Waals surface area contributed by atoms with Crippen LogP contribution in [-0.2, 0) is 0 Å². The summed E-state index contributed by atoms with van der Waals surface area (Å²) in [7, 11) is 0. The molecule has 1 N–H and O–H groups in total. The van der Waals surface area contributed by atoms with E-state index >= 15 is 0 Å². The average Bonchev–Trinajstić information content (AvgIpc) is 2.67. The van der Waals surface area contributed by atoms with E-state index in [1.807, 2.05) is 6.92 Å². The van der Waals surface area contributed by atoms with E-state index in [1.165, 1.54) is 12.1 Å². The molecule has 28 heavy (non-hydrogen) atoms. The van der Waals surface area contributed by atoms with Crippen LogP contribution in [-0.4, -0.2) is 41.5 Å². The monoisotopic (exact) mass is 385 g/mol. The molecule has 3 rings (SSSR count). The summed E-state index contributed by atoms with van der Waals surface area (Å²) in [6.07, 6.45) is 2.29. The van der Waals surface area contributed by atoms with Gasteiger partial charge in [-0.25, -0.2) is 9.37 Å². The van der Waals surface area contributed by atoms with Crippen LogP contribution in [0.2, 0.25) is 0 Å². The second-order valence-electron chi connectivity index (χ2n) is 7.69. The molecule has 0 saturated carbocycles. The number of halogens is 1. The summed E-state index contributed by atoms with van der Waals surface area (Å²) in [4.78, 5) is 19.4. The molecule has 0 aliphatic carbocycles. The fourth-order valence-corrected chi connectivity index (χ4v) is 3.51. The van der Waals surface area contributed by atoms with E-state index in [2.05, 4.69) is 29.0 Å². The molecular formula is C22H28FN3O2. The molecule has 6 heteroatoms. The Morgan fingerprint density at radius 1 is 1.29 bits per heavy atom. The Morgan fingerprint density at radius 3 is 2.75 bits per heavy atom. The van der Waals surface area contributed by atoms with Crippen LogP contribution in [0.1, 0.15) is 42.9 Å². The van der Waals surface area contributed by atoms with E-state index in [9.17, 15) is 9.18 Å². The molecule has 1 amide bonds. The number of hydrogen-bond donors (Lipinski definition) is 1.